The summed E-state index contributed by atoms with van der Waals surface area (Å²) in [4.78, 5) is 47.9. The van der Waals surface area contributed by atoms with E-state index in [0.717, 1.165) is 91.3 Å². The van der Waals surface area contributed by atoms with Gasteiger partial charge in [0.05, 0.1) is 22.6 Å². The van der Waals surface area contributed by atoms with Gasteiger partial charge in [-0.1, -0.05) is 11.6 Å². The predicted octanol–water partition coefficient (Wildman–Crippen LogP) is 7.19. The molecule has 2 aromatic carbocycles. The average molecular weight is 799 g/mol. The molecule has 2 aliphatic rings. The molecule has 8 aromatic rings. The summed E-state index contributed by atoms with van der Waals surface area (Å²) in [5.41, 5.74) is 7.72. The Morgan fingerprint density at radius 2 is 1.16 bits per heavy atom. The highest BCUT2D eigenvalue weighted by Crippen LogP contribution is 2.31. The summed E-state index contributed by atoms with van der Waals surface area (Å²) in [7, 11) is 4.26. The van der Waals surface area contributed by atoms with Crippen LogP contribution in [0, 0.1) is 20.8 Å². The van der Waals surface area contributed by atoms with E-state index < -0.39 is 11.3 Å². The SMILES string of the molecule is Cc1cc2cc(-c3cc4ccc(N5CCN(C)CC5)cc4oc3=O)oc2c(C)n1.Cc1nc(Cl)cn2cc(-c3cc4ccc(N5CCN(C)CC5)cc4oc3=O)nc12. The van der Waals surface area contributed by atoms with E-state index in [-0.39, 0.29) is 0 Å². The summed E-state index contributed by atoms with van der Waals surface area (Å²) in [5.74, 6) is 0.509. The van der Waals surface area contributed by atoms with Crippen LogP contribution in [0.1, 0.15) is 17.1 Å². The number of fused-ring (bicyclic) bond motifs is 4. The van der Waals surface area contributed by atoms with Crippen molar-refractivity contribution in [1.82, 2.24) is 29.2 Å². The molecule has 58 heavy (non-hydrogen) atoms. The molecule has 0 spiro atoms. The van der Waals surface area contributed by atoms with Crippen molar-refractivity contribution >= 4 is 61.5 Å². The number of nitrogens with zero attached hydrogens (tertiary/aromatic N) is 8. The maximum absolute atomic E-state index is 12.7. The number of anilines is 2. The van der Waals surface area contributed by atoms with Gasteiger partial charge in [0.2, 0.25) is 0 Å². The fraction of sp³-hybridized carbons (Fsp3) is 0.295. The summed E-state index contributed by atoms with van der Waals surface area (Å²) >= 11 is 6.03. The van der Waals surface area contributed by atoms with E-state index in [4.69, 9.17) is 24.9 Å². The zero-order valence-corrected chi connectivity index (χ0v) is 33.8. The van der Waals surface area contributed by atoms with Crippen LogP contribution in [-0.2, 0) is 0 Å². The number of benzene rings is 2. The van der Waals surface area contributed by atoms with E-state index in [1.807, 2.05) is 69.3 Å². The molecule has 0 unspecified atom stereocenters. The van der Waals surface area contributed by atoms with E-state index >= 15 is 0 Å². The molecule has 0 atom stereocenters. The second kappa shape index (κ2) is 15.1. The molecule has 0 aliphatic carbocycles. The van der Waals surface area contributed by atoms with E-state index in [0.29, 0.717) is 55.8 Å². The smallest absolute Gasteiger partial charge is 0.347 e. The van der Waals surface area contributed by atoms with Crippen LogP contribution in [-0.4, -0.2) is 95.6 Å². The first-order valence-corrected chi connectivity index (χ1v) is 19.8. The molecular formula is C44H43ClN8O5. The fourth-order valence-electron chi connectivity index (χ4n) is 7.82. The van der Waals surface area contributed by atoms with Gasteiger partial charge in [-0.15, -0.1) is 0 Å². The number of aromatic nitrogens is 4. The largest absolute Gasteiger partial charge is 0.454 e. The van der Waals surface area contributed by atoms with Gasteiger partial charge in [-0.05, 0) is 83.4 Å². The van der Waals surface area contributed by atoms with Crippen LogP contribution >= 0.6 is 11.6 Å². The van der Waals surface area contributed by atoms with Crippen molar-refractivity contribution in [3.8, 4) is 22.6 Å². The van der Waals surface area contributed by atoms with E-state index in [2.05, 4.69) is 60.8 Å². The third-order valence-corrected chi connectivity index (χ3v) is 11.3. The normalized spacial score (nSPS) is 15.5. The minimum absolute atomic E-state index is 0.376. The number of aryl methyl sites for hydroxylation is 3. The van der Waals surface area contributed by atoms with Crippen molar-refractivity contribution in [3.63, 3.8) is 0 Å². The van der Waals surface area contributed by atoms with Crippen LogP contribution in [0.3, 0.4) is 0 Å². The Balaban J connectivity index is 0.000000150. The summed E-state index contributed by atoms with van der Waals surface area (Å²) < 4.78 is 19.1. The first kappa shape index (κ1) is 37.6. The van der Waals surface area contributed by atoms with E-state index in [1.165, 1.54) is 0 Å². The zero-order chi connectivity index (χ0) is 40.2. The number of likely N-dealkylation sites (N-methyl/N-ethyl adjacent to an activating group) is 2. The quantitative estimate of drug-likeness (QED) is 0.167. The Hall–Kier alpha value is -6.02. The van der Waals surface area contributed by atoms with E-state index in [9.17, 15) is 9.59 Å². The van der Waals surface area contributed by atoms with Gasteiger partial charge in [-0.25, -0.2) is 19.6 Å². The molecule has 0 bridgehead atoms. The van der Waals surface area contributed by atoms with Crippen molar-refractivity contribution in [2.75, 3.05) is 76.3 Å². The number of hydrogen-bond acceptors (Lipinski definition) is 12. The number of hydrogen-bond donors (Lipinski definition) is 0. The molecule has 0 saturated carbocycles. The van der Waals surface area contributed by atoms with Crippen molar-refractivity contribution in [3.05, 3.63) is 116 Å². The van der Waals surface area contributed by atoms with Gasteiger partial charge < -0.3 is 37.3 Å². The lowest BCUT2D eigenvalue weighted by Gasteiger charge is -2.34. The van der Waals surface area contributed by atoms with Gasteiger partial charge in [-0.2, -0.15) is 0 Å². The molecule has 14 heteroatoms. The number of imidazole rings is 1. The van der Waals surface area contributed by atoms with Crippen LogP contribution in [0.25, 0.3) is 61.1 Å². The Morgan fingerprint density at radius 1 is 0.586 bits per heavy atom. The Morgan fingerprint density at radius 3 is 1.76 bits per heavy atom. The van der Waals surface area contributed by atoms with Gasteiger partial charge in [0.25, 0.3) is 0 Å². The third-order valence-electron chi connectivity index (χ3n) is 11.1. The minimum atomic E-state index is -0.409. The Bertz CT molecular complexity index is 2770. The monoisotopic (exact) mass is 798 g/mol. The minimum Gasteiger partial charge on any atom is -0.454 e. The Kier molecular flexibility index (Phi) is 9.75. The number of halogens is 1. The molecule has 2 saturated heterocycles. The first-order chi connectivity index (χ1) is 27.9. The first-order valence-electron chi connectivity index (χ1n) is 19.4. The third kappa shape index (κ3) is 7.32. The lowest BCUT2D eigenvalue weighted by atomic mass is 10.1. The summed E-state index contributed by atoms with van der Waals surface area (Å²) in [6.45, 7) is 13.6. The maximum Gasteiger partial charge on any atom is 0.347 e. The number of rotatable bonds is 4. The highest BCUT2D eigenvalue weighted by molar-refractivity contribution is 6.29. The van der Waals surface area contributed by atoms with Crippen LogP contribution in [0.4, 0.5) is 11.4 Å². The number of pyridine rings is 1. The lowest BCUT2D eigenvalue weighted by molar-refractivity contribution is 0.313. The molecule has 13 nitrogen and oxygen atoms in total. The molecular weight excluding hydrogens is 756 g/mol. The predicted molar refractivity (Wildman–Crippen MR) is 229 cm³/mol. The van der Waals surface area contributed by atoms with Crippen molar-refractivity contribution in [2.24, 2.45) is 0 Å². The fourth-order valence-corrected chi connectivity index (χ4v) is 8.05. The summed E-state index contributed by atoms with van der Waals surface area (Å²) in [6.07, 6.45) is 3.44. The van der Waals surface area contributed by atoms with Crippen LogP contribution in [0.2, 0.25) is 5.15 Å². The van der Waals surface area contributed by atoms with E-state index in [1.54, 1.807) is 16.8 Å². The van der Waals surface area contributed by atoms with Crippen LogP contribution in [0.5, 0.6) is 0 Å². The average Bonchev–Trinajstić information content (AvgIpc) is 3.83. The Labute approximate surface area is 338 Å². The highest BCUT2D eigenvalue weighted by atomic mass is 35.5. The van der Waals surface area contributed by atoms with Crippen molar-refractivity contribution < 1.29 is 13.3 Å². The van der Waals surface area contributed by atoms with Crippen molar-refractivity contribution in [2.45, 2.75) is 20.8 Å². The van der Waals surface area contributed by atoms with Crippen LogP contribution in [0.15, 0.2) is 95.9 Å². The summed E-state index contributed by atoms with van der Waals surface area (Å²) in [6, 6.07) is 19.6. The zero-order valence-electron chi connectivity index (χ0n) is 33.1. The molecule has 2 aliphatic heterocycles. The number of piperazine rings is 2. The molecule has 2 fully saturated rings. The van der Waals surface area contributed by atoms with Gasteiger partial charge >= 0.3 is 11.3 Å². The standard InChI is InChI=1S/C23H23N3O3.C21H20ClN5O2/c1-14-10-17-12-21(28-22(17)15(2)24-14)19-11-16-4-5-18(13-20(16)29-23(19)27)26-8-6-25(3)7-9-26;1-13-20-24-17(11-27(20)12-19(22)23-13)16-9-14-3-4-15(10-18(14)29-21(16)28)26-7-5-25(2)6-8-26/h4-5,10-13H,6-9H2,1-3H3;3-4,9-12H,5-8H2,1-2H3. The molecule has 8 heterocycles. The molecule has 10 rings (SSSR count). The molecule has 6 aromatic heterocycles. The highest BCUT2D eigenvalue weighted by Gasteiger charge is 2.20. The second-order valence-electron chi connectivity index (χ2n) is 15.3. The van der Waals surface area contributed by atoms with Gasteiger partial charge in [0.1, 0.15) is 27.6 Å². The molecule has 296 valence electrons. The molecule has 0 radical (unpaired) electrons. The van der Waals surface area contributed by atoms with Crippen molar-refractivity contribution in [1.29, 1.82) is 0 Å². The molecule has 0 N–H and O–H groups in total. The van der Waals surface area contributed by atoms with Gasteiger partial charge in [0.15, 0.2) is 11.2 Å². The lowest BCUT2D eigenvalue weighted by Crippen LogP contribution is -2.44. The van der Waals surface area contributed by atoms with Gasteiger partial charge in [-0.3, -0.25) is 4.98 Å². The summed E-state index contributed by atoms with van der Waals surface area (Å²) in [5, 5.41) is 3.06. The molecule has 0 amide bonds. The second-order valence-corrected chi connectivity index (χ2v) is 15.7. The topological polar surface area (TPSA) is 130 Å². The maximum atomic E-state index is 12.7. The number of furan rings is 1. The van der Waals surface area contributed by atoms with Crippen LogP contribution < -0.4 is 21.1 Å². The van der Waals surface area contributed by atoms with Gasteiger partial charge in [0, 0.05) is 110 Å².